The number of nitriles is 1. The predicted octanol–water partition coefficient (Wildman–Crippen LogP) is 2.27. The van der Waals surface area contributed by atoms with Gasteiger partial charge in [0.15, 0.2) is 0 Å². The fourth-order valence-electron chi connectivity index (χ4n) is 1.12. The van der Waals surface area contributed by atoms with Gasteiger partial charge in [0.1, 0.15) is 0 Å². The molecule has 0 aliphatic carbocycles. The van der Waals surface area contributed by atoms with Crippen LogP contribution in [0.4, 0.5) is 0 Å². The molecule has 12 heavy (non-hydrogen) atoms. The van der Waals surface area contributed by atoms with Crippen molar-refractivity contribution < 1.29 is 0 Å². The first kappa shape index (κ1) is 11.4. The lowest BCUT2D eigenvalue weighted by molar-refractivity contribution is 0.265. The van der Waals surface area contributed by atoms with E-state index in [0.717, 1.165) is 18.9 Å². The normalized spacial score (nSPS) is 13.4. The third-order valence-corrected chi connectivity index (χ3v) is 2.13. The van der Waals surface area contributed by atoms with Crippen molar-refractivity contribution >= 4 is 0 Å². The van der Waals surface area contributed by atoms with Gasteiger partial charge >= 0.3 is 0 Å². The summed E-state index contributed by atoms with van der Waals surface area (Å²) >= 11 is 0. The Bertz CT molecular complexity index is 146. The first-order valence-corrected chi connectivity index (χ1v) is 4.71. The van der Waals surface area contributed by atoms with Crippen LogP contribution in [0, 0.1) is 17.2 Å². The third-order valence-electron chi connectivity index (χ3n) is 2.13. The summed E-state index contributed by atoms with van der Waals surface area (Å²) in [6.45, 7) is 7.51. The second-order valence-electron chi connectivity index (χ2n) is 3.72. The van der Waals surface area contributed by atoms with Gasteiger partial charge in [0, 0.05) is 0 Å². The van der Waals surface area contributed by atoms with Crippen molar-refractivity contribution in [1.82, 2.24) is 4.90 Å². The van der Waals surface area contributed by atoms with Crippen LogP contribution in [0.15, 0.2) is 0 Å². The van der Waals surface area contributed by atoms with Gasteiger partial charge in [-0.25, -0.2) is 0 Å². The van der Waals surface area contributed by atoms with E-state index in [0.29, 0.717) is 0 Å². The van der Waals surface area contributed by atoms with Crippen LogP contribution >= 0.6 is 0 Å². The largest absolute Gasteiger partial charge is 0.291 e. The molecule has 2 nitrogen and oxygen atoms in total. The SMILES string of the molecule is CCC(C#N)N(C)CCC(C)C. The molecular weight excluding hydrogens is 148 g/mol. The molecule has 0 N–H and O–H groups in total. The van der Waals surface area contributed by atoms with Gasteiger partial charge in [0.05, 0.1) is 12.1 Å². The summed E-state index contributed by atoms with van der Waals surface area (Å²) in [5.74, 6) is 0.726. The summed E-state index contributed by atoms with van der Waals surface area (Å²) in [5.41, 5.74) is 0. The van der Waals surface area contributed by atoms with Crippen molar-refractivity contribution in [3.8, 4) is 6.07 Å². The molecule has 0 amide bonds. The lowest BCUT2D eigenvalue weighted by Gasteiger charge is -2.21. The second-order valence-corrected chi connectivity index (χ2v) is 3.72. The van der Waals surface area contributed by atoms with Gasteiger partial charge < -0.3 is 0 Å². The van der Waals surface area contributed by atoms with Crippen molar-refractivity contribution in [3.63, 3.8) is 0 Å². The van der Waals surface area contributed by atoms with Gasteiger partial charge in [0.2, 0.25) is 0 Å². The van der Waals surface area contributed by atoms with Gasteiger partial charge in [-0.3, -0.25) is 4.90 Å². The Hall–Kier alpha value is -0.550. The van der Waals surface area contributed by atoms with Crippen LogP contribution in [0.5, 0.6) is 0 Å². The smallest absolute Gasteiger partial charge is 0.0972 e. The summed E-state index contributed by atoms with van der Waals surface area (Å²) in [6.07, 6.45) is 2.10. The van der Waals surface area contributed by atoms with E-state index in [9.17, 15) is 0 Å². The number of hydrogen-bond acceptors (Lipinski definition) is 2. The fraction of sp³-hybridized carbons (Fsp3) is 0.900. The number of nitrogens with zero attached hydrogens (tertiary/aromatic N) is 2. The molecule has 0 fully saturated rings. The molecule has 0 radical (unpaired) electrons. The van der Waals surface area contributed by atoms with Crippen molar-refractivity contribution in [2.75, 3.05) is 13.6 Å². The first-order chi connectivity index (χ1) is 5.61. The van der Waals surface area contributed by atoms with E-state index >= 15 is 0 Å². The molecule has 0 saturated heterocycles. The van der Waals surface area contributed by atoms with Crippen molar-refractivity contribution in [2.45, 2.75) is 39.7 Å². The van der Waals surface area contributed by atoms with Crippen LogP contribution in [0.1, 0.15) is 33.6 Å². The van der Waals surface area contributed by atoms with Gasteiger partial charge in [-0.15, -0.1) is 0 Å². The Morgan fingerprint density at radius 3 is 2.33 bits per heavy atom. The summed E-state index contributed by atoms with van der Waals surface area (Å²) < 4.78 is 0. The second kappa shape index (κ2) is 6.02. The summed E-state index contributed by atoms with van der Waals surface area (Å²) in [5, 5.41) is 8.77. The van der Waals surface area contributed by atoms with Crippen LogP contribution in [-0.4, -0.2) is 24.5 Å². The standard InChI is InChI=1S/C10H20N2/c1-5-10(8-11)12(4)7-6-9(2)3/h9-10H,5-7H2,1-4H3. The summed E-state index contributed by atoms with van der Waals surface area (Å²) in [7, 11) is 2.03. The van der Waals surface area contributed by atoms with E-state index in [1.165, 1.54) is 6.42 Å². The zero-order valence-electron chi connectivity index (χ0n) is 8.67. The molecule has 0 aromatic carbocycles. The predicted molar refractivity (Wildman–Crippen MR) is 51.8 cm³/mol. The Morgan fingerprint density at radius 1 is 1.42 bits per heavy atom. The van der Waals surface area contributed by atoms with Crippen molar-refractivity contribution in [2.24, 2.45) is 5.92 Å². The molecule has 0 heterocycles. The molecule has 1 unspecified atom stereocenters. The minimum absolute atomic E-state index is 0.101. The average Bonchev–Trinajstić information content (AvgIpc) is 2.03. The van der Waals surface area contributed by atoms with E-state index in [1.807, 2.05) is 7.05 Å². The highest BCUT2D eigenvalue weighted by Crippen LogP contribution is 2.05. The van der Waals surface area contributed by atoms with E-state index in [-0.39, 0.29) is 6.04 Å². The highest BCUT2D eigenvalue weighted by atomic mass is 15.1. The van der Waals surface area contributed by atoms with Gasteiger partial charge in [-0.05, 0) is 32.4 Å². The highest BCUT2D eigenvalue weighted by Gasteiger charge is 2.10. The molecule has 0 aliphatic rings. The van der Waals surface area contributed by atoms with Crippen molar-refractivity contribution in [3.05, 3.63) is 0 Å². The van der Waals surface area contributed by atoms with Crippen LogP contribution in [0.3, 0.4) is 0 Å². The van der Waals surface area contributed by atoms with Gasteiger partial charge in [0.25, 0.3) is 0 Å². The maximum absolute atomic E-state index is 8.77. The average molecular weight is 168 g/mol. The third kappa shape index (κ3) is 4.35. The Balaban J connectivity index is 3.70. The van der Waals surface area contributed by atoms with Crippen LogP contribution in [0.2, 0.25) is 0 Å². The highest BCUT2D eigenvalue weighted by molar-refractivity contribution is 4.89. The topological polar surface area (TPSA) is 27.0 Å². The maximum Gasteiger partial charge on any atom is 0.0972 e. The lowest BCUT2D eigenvalue weighted by Crippen LogP contribution is -2.31. The molecule has 1 atom stereocenters. The molecule has 70 valence electrons. The first-order valence-electron chi connectivity index (χ1n) is 4.71. The molecule has 0 saturated carbocycles. The van der Waals surface area contributed by atoms with E-state index < -0.39 is 0 Å². The fourth-order valence-corrected chi connectivity index (χ4v) is 1.12. The Labute approximate surface area is 76.2 Å². The lowest BCUT2D eigenvalue weighted by atomic mass is 10.1. The number of hydrogen-bond donors (Lipinski definition) is 0. The molecular formula is C10H20N2. The van der Waals surface area contributed by atoms with E-state index in [1.54, 1.807) is 0 Å². The molecule has 0 aromatic rings. The summed E-state index contributed by atoms with van der Waals surface area (Å²) in [6, 6.07) is 2.40. The molecule has 0 rings (SSSR count). The molecule has 0 spiro atoms. The van der Waals surface area contributed by atoms with Crippen molar-refractivity contribution in [1.29, 1.82) is 5.26 Å². The quantitative estimate of drug-likeness (QED) is 0.629. The van der Waals surface area contributed by atoms with E-state index in [2.05, 4.69) is 31.7 Å². The van der Waals surface area contributed by atoms with E-state index in [4.69, 9.17) is 5.26 Å². The van der Waals surface area contributed by atoms with Crippen LogP contribution < -0.4 is 0 Å². The van der Waals surface area contributed by atoms with Gasteiger partial charge in [-0.1, -0.05) is 20.8 Å². The van der Waals surface area contributed by atoms with Crippen LogP contribution in [-0.2, 0) is 0 Å². The molecule has 0 aromatic heterocycles. The zero-order valence-corrected chi connectivity index (χ0v) is 8.67. The zero-order chi connectivity index (χ0) is 9.56. The summed E-state index contributed by atoms with van der Waals surface area (Å²) in [4.78, 5) is 2.14. The Kier molecular flexibility index (Phi) is 5.74. The monoisotopic (exact) mass is 168 g/mol. The molecule has 0 bridgehead atoms. The molecule has 2 heteroatoms. The van der Waals surface area contributed by atoms with Gasteiger partial charge in [-0.2, -0.15) is 5.26 Å². The Morgan fingerprint density at radius 2 is 2.00 bits per heavy atom. The minimum atomic E-state index is 0.101. The minimum Gasteiger partial charge on any atom is -0.291 e. The maximum atomic E-state index is 8.77. The van der Waals surface area contributed by atoms with Crippen LogP contribution in [0.25, 0.3) is 0 Å². The number of rotatable bonds is 5. The molecule has 0 aliphatic heterocycles.